The van der Waals surface area contributed by atoms with Crippen molar-refractivity contribution in [2.24, 2.45) is 0 Å². The lowest BCUT2D eigenvalue weighted by molar-refractivity contribution is 0.151. The Hall–Kier alpha value is -0.730. The van der Waals surface area contributed by atoms with Gasteiger partial charge in [-0.1, -0.05) is 105 Å². The summed E-state index contributed by atoms with van der Waals surface area (Å²) in [6.07, 6.45) is 20.2. The smallest absolute Gasteiger partial charge is 0.194 e. The summed E-state index contributed by atoms with van der Waals surface area (Å²) in [5.74, 6) is 0.811. The topological polar surface area (TPSA) is 30.3 Å². The molecule has 0 heterocycles. The monoisotopic (exact) mass is 451 g/mol. The number of hydrogen-bond acceptors (Lipinski definition) is 1. The van der Waals surface area contributed by atoms with Gasteiger partial charge in [0.25, 0.3) is 0 Å². The molecule has 1 N–H and O–H groups in total. The van der Waals surface area contributed by atoms with Crippen LogP contribution in [-0.2, 0) is 0 Å². The van der Waals surface area contributed by atoms with Gasteiger partial charge in [-0.15, -0.1) is 0 Å². The second kappa shape index (κ2) is 19.7. The van der Waals surface area contributed by atoms with Crippen LogP contribution >= 0.6 is 0 Å². The van der Waals surface area contributed by atoms with E-state index in [0.717, 1.165) is 5.96 Å². The third-order valence-electron chi connectivity index (χ3n) is 7.29. The molecule has 3 nitrogen and oxygen atoms in total. The van der Waals surface area contributed by atoms with Crippen LogP contribution in [0.15, 0.2) is 0 Å². The van der Waals surface area contributed by atoms with Gasteiger partial charge in [-0.05, 0) is 53.4 Å². The van der Waals surface area contributed by atoms with Gasteiger partial charge in [0.15, 0.2) is 5.96 Å². The molecular formula is C29H61N3. The van der Waals surface area contributed by atoms with E-state index in [0.29, 0.717) is 24.2 Å². The highest BCUT2D eigenvalue weighted by Gasteiger charge is 2.31. The SMILES string of the molecule is CCCCCC(C)N(C(=N)N(C(C)CCCCC)C(C)CCCCC)C(C)CCCCC. The summed E-state index contributed by atoms with van der Waals surface area (Å²) in [6.45, 7) is 18.7. The molecule has 4 atom stereocenters. The molecule has 0 bridgehead atoms. The fourth-order valence-electron chi connectivity index (χ4n) is 5.15. The molecule has 32 heavy (non-hydrogen) atoms. The van der Waals surface area contributed by atoms with Crippen LogP contribution in [0.25, 0.3) is 0 Å². The molecule has 0 spiro atoms. The van der Waals surface area contributed by atoms with Crippen LogP contribution in [0.3, 0.4) is 0 Å². The first kappa shape index (κ1) is 31.3. The van der Waals surface area contributed by atoms with Crippen LogP contribution in [0.4, 0.5) is 0 Å². The largest absolute Gasteiger partial charge is 0.338 e. The lowest BCUT2D eigenvalue weighted by Crippen LogP contribution is -2.56. The van der Waals surface area contributed by atoms with E-state index in [4.69, 9.17) is 0 Å². The molecule has 0 saturated heterocycles. The second-order valence-corrected chi connectivity index (χ2v) is 10.5. The van der Waals surface area contributed by atoms with Gasteiger partial charge in [-0.2, -0.15) is 0 Å². The number of hydrogen-bond donors (Lipinski definition) is 1. The summed E-state index contributed by atoms with van der Waals surface area (Å²) in [6, 6.07) is 1.77. The minimum Gasteiger partial charge on any atom is -0.338 e. The molecule has 0 aliphatic carbocycles. The van der Waals surface area contributed by atoms with Crippen LogP contribution in [0, 0.1) is 5.41 Å². The van der Waals surface area contributed by atoms with Gasteiger partial charge in [0, 0.05) is 24.2 Å². The van der Waals surface area contributed by atoms with Crippen LogP contribution < -0.4 is 0 Å². The average Bonchev–Trinajstić information content (AvgIpc) is 2.75. The Morgan fingerprint density at radius 1 is 0.469 bits per heavy atom. The predicted molar refractivity (Wildman–Crippen MR) is 146 cm³/mol. The zero-order valence-electron chi connectivity index (χ0n) is 23.5. The first-order valence-corrected chi connectivity index (χ1v) is 14.5. The molecule has 0 aromatic heterocycles. The first-order chi connectivity index (χ1) is 15.3. The van der Waals surface area contributed by atoms with Crippen LogP contribution in [0.2, 0.25) is 0 Å². The van der Waals surface area contributed by atoms with Crippen molar-refractivity contribution in [2.45, 2.75) is 182 Å². The van der Waals surface area contributed by atoms with Gasteiger partial charge in [-0.3, -0.25) is 5.41 Å². The molecular weight excluding hydrogens is 390 g/mol. The van der Waals surface area contributed by atoms with E-state index in [1.165, 1.54) is 103 Å². The van der Waals surface area contributed by atoms with E-state index in [1.54, 1.807) is 0 Å². The van der Waals surface area contributed by atoms with Gasteiger partial charge < -0.3 is 9.80 Å². The molecule has 0 aromatic carbocycles. The van der Waals surface area contributed by atoms with Gasteiger partial charge in [0.2, 0.25) is 0 Å². The fraction of sp³-hybridized carbons (Fsp3) is 0.966. The Labute approximate surface area is 203 Å². The lowest BCUT2D eigenvalue weighted by atomic mass is 10.0. The molecule has 0 saturated carbocycles. The van der Waals surface area contributed by atoms with E-state index in [1.807, 2.05) is 0 Å². The van der Waals surface area contributed by atoms with Crippen molar-refractivity contribution in [2.75, 3.05) is 0 Å². The van der Waals surface area contributed by atoms with Gasteiger partial charge >= 0.3 is 0 Å². The molecule has 3 heteroatoms. The Balaban J connectivity index is 5.62. The maximum atomic E-state index is 9.50. The predicted octanol–water partition coefficient (Wildman–Crippen LogP) is 9.40. The molecule has 0 rings (SSSR count). The van der Waals surface area contributed by atoms with E-state index in [2.05, 4.69) is 65.2 Å². The minimum absolute atomic E-state index is 0.443. The second-order valence-electron chi connectivity index (χ2n) is 10.5. The van der Waals surface area contributed by atoms with Crippen LogP contribution in [0.1, 0.15) is 158 Å². The molecule has 0 fully saturated rings. The standard InChI is InChI=1S/C29H61N3/c1-9-13-17-21-25(5)31(26(6)22-18-14-10-2)29(30)32(27(7)23-19-15-11-3)28(8)24-20-16-12-4/h25-28,30H,9-24H2,1-8H3. The van der Waals surface area contributed by atoms with Gasteiger partial charge in [0.05, 0.1) is 0 Å². The molecule has 0 aromatic rings. The summed E-state index contributed by atoms with van der Waals surface area (Å²) in [5.41, 5.74) is 0. The molecule has 0 radical (unpaired) electrons. The molecule has 192 valence electrons. The quantitative estimate of drug-likeness (QED) is 0.113. The number of unbranched alkanes of at least 4 members (excludes halogenated alkanes) is 8. The molecule has 0 aliphatic heterocycles. The first-order valence-electron chi connectivity index (χ1n) is 14.5. The highest BCUT2D eigenvalue weighted by Crippen LogP contribution is 2.24. The number of rotatable bonds is 20. The Morgan fingerprint density at radius 3 is 0.875 bits per heavy atom. The van der Waals surface area contributed by atoms with E-state index in [9.17, 15) is 5.41 Å². The summed E-state index contributed by atoms with van der Waals surface area (Å²) >= 11 is 0. The minimum atomic E-state index is 0.443. The highest BCUT2D eigenvalue weighted by atomic mass is 15.4. The van der Waals surface area contributed by atoms with Crippen molar-refractivity contribution in [3.63, 3.8) is 0 Å². The Kier molecular flexibility index (Phi) is 19.3. The average molecular weight is 452 g/mol. The summed E-state index contributed by atoms with van der Waals surface area (Å²) in [4.78, 5) is 5.02. The van der Waals surface area contributed by atoms with Gasteiger partial charge in [0.1, 0.15) is 0 Å². The third kappa shape index (κ3) is 12.5. The van der Waals surface area contributed by atoms with Crippen molar-refractivity contribution in [3.8, 4) is 0 Å². The maximum Gasteiger partial charge on any atom is 0.194 e. The lowest BCUT2D eigenvalue weighted by Gasteiger charge is -2.46. The maximum absolute atomic E-state index is 9.50. The molecule has 0 aliphatic rings. The third-order valence-corrected chi connectivity index (χ3v) is 7.29. The number of nitrogens with zero attached hydrogens (tertiary/aromatic N) is 2. The number of nitrogens with one attached hydrogen (secondary N) is 1. The van der Waals surface area contributed by atoms with E-state index >= 15 is 0 Å². The highest BCUT2D eigenvalue weighted by molar-refractivity contribution is 5.78. The fourth-order valence-corrected chi connectivity index (χ4v) is 5.15. The van der Waals surface area contributed by atoms with Gasteiger partial charge in [-0.25, -0.2) is 0 Å². The van der Waals surface area contributed by atoms with Crippen LogP contribution in [0.5, 0.6) is 0 Å². The van der Waals surface area contributed by atoms with Crippen molar-refractivity contribution in [1.82, 2.24) is 9.80 Å². The summed E-state index contributed by atoms with van der Waals surface area (Å²) in [7, 11) is 0. The van der Waals surface area contributed by atoms with Crippen molar-refractivity contribution in [3.05, 3.63) is 0 Å². The number of guanidine groups is 1. The van der Waals surface area contributed by atoms with Crippen molar-refractivity contribution >= 4 is 5.96 Å². The van der Waals surface area contributed by atoms with Crippen LogP contribution in [-0.4, -0.2) is 39.9 Å². The Bertz CT molecular complexity index is 366. The summed E-state index contributed by atoms with van der Waals surface area (Å²) < 4.78 is 0. The van der Waals surface area contributed by atoms with E-state index < -0.39 is 0 Å². The van der Waals surface area contributed by atoms with E-state index in [-0.39, 0.29) is 0 Å². The van der Waals surface area contributed by atoms with Crippen molar-refractivity contribution < 1.29 is 0 Å². The molecule has 0 amide bonds. The zero-order valence-corrected chi connectivity index (χ0v) is 23.5. The Morgan fingerprint density at radius 2 is 0.688 bits per heavy atom. The van der Waals surface area contributed by atoms with Crippen molar-refractivity contribution in [1.29, 1.82) is 5.41 Å². The summed E-state index contributed by atoms with van der Waals surface area (Å²) in [5, 5.41) is 9.50. The normalized spacial score (nSPS) is 15.2. The zero-order chi connectivity index (χ0) is 24.4. The molecule has 4 unspecified atom stereocenters.